The Morgan fingerprint density at radius 2 is 2.07 bits per heavy atom. The van der Waals surface area contributed by atoms with Gasteiger partial charge in [-0.25, -0.2) is 0 Å². The zero-order chi connectivity index (χ0) is 11.1. The van der Waals surface area contributed by atoms with Gasteiger partial charge in [0.25, 0.3) is 0 Å². The summed E-state index contributed by atoms with van der Waals surface area (Å²) in [4.78, 5) is 0. The third-order valence-electron chi connectivity index (χ3n) is 1.55. The van der Waals surface area contributed by atoms with E-state index >= 15 is 0 Å². The summed E-state index contributed by atoms with van der Waals surface area (Å²) >= 11 is 5.44. The molecule has 1 nitrogen and oxygen atoms in total. The van der Waals surface area contributed by atoms with Crippen LogP contribution in [0.25, 0.3) is 0 Å². The molecule has 0 aromatic heterocycles. The Morgan fingerprint density at radius 1 is 1.33 bits per heavy atom. The fourth-order valence-corrected chi connectivity index (χ4v) is 1.07. The van der Waals surface area contributed by atoms with Crippen molar-refractivity contribution in [2.45, 2.75) is 13.0 Å². The van der Waals surface area contributed by atoms with E-state index in [1.807, 2.05) is 0 Å². The first-order chi connectivity index (χ1) is 7.24. The van der Waals surface area contributed by atoms with Crippen LogP contribution in [0.4, 0.5) is 8.78 Å². The molecule has 15 heavy (non-hydrogen) atoms. The standard InChI is InChI=1S/C11H9ClF2O/c12-8-4-3-6-9-5-1-2-7-10(9)15-11(13)14/h1-2,5,7,11H,4,8H2. The zero-order valence-corrected chi connectivity index (χ0v) is 8.60. The number of ether oxygens (including phenoxy) is 1. The summed E-state index contributed by atoms with van der Waals surface area (Å²) in [6.45, 7) is -2.83. The number of hydrogen-bond acceptors (Lipinski definition) is 1. The molecule has 0 bridgehead atoms. The van der Waals surface area contributed by atoms with Crippen LogP contribution in [-0.4, -0.2) is 12.5 Å². The van der Waals surface area contributed by atoms with Gasteiger partial charge in [-0.1, -0.05) is 24.0 Å². The van der Waals surface area contributed by atoms with Crippen molar-refractivity contribution in [3.05, 3.63) is 29.8 Å². The highest BCUT2D eigenvalue weighted by atomic mass is 35.5. The summed E-state index contributed by atoms with van der Waals surface area (Å²) in [7, 11) is 0. The minimum atomic E-state index is -2.83. The van der Waals surface area contributed by atoms with Gasteiger partial charge in [-0.05, 0) is 12.1 Å². The molecule has 0 fully saturated rings. The van der Waals surface area contributed by atoms with E-state index in [1.54, 1.807) is 18.2 Å². The van der Waals surface area contributed by atoms with Crippen LogP contribution in [0.3, 0.4) is 0 Å². The Bertz CT molecular complexity index is 368. The van der Waals surface area contributed by atoms with E-state index in [0.717, 1.165) is 0 Å². The summed E-state index contributed by atoms with van der Waals surface area (Å²) in [6.07, 6.45) is 0.518. The summed E-state index contributed by atoms with van der Waals surface area (Å²) in [5.74, 6) is 6.00. The number of para-hydroxylation sites is 1. The summed E-state index contributed by atoms with van der Waals surface area (Å²) in [5, 5.41) is 0. The second-order valence-corrected chi connectivity index (χ2v) is 2.99. The Labute approximate surface area is 92.0 Å². The molecule has 1 rings (SSSR count). The smallest absolute Gasteiger partial charge is 0.387 e. The molecule has 0 aliphatic carbocycles. The van der Waals surface area contributed by atoms with Crippen LogP contribution in [0.15, 0.2) is 24.3 Å². The summed E-state index contributed by atoms with van der Waals surface area (Å²) in [6, 6.07) is 6.41. The van der Waals surface area contributed by atoms with Crippen molar-refractivity contribution >= 4 is 11.6 Å². The second kappa shape index (κ2) is 6.26. The van der Waals surface area contributed by atoms with E-state index in [4.69, 9.17) is 11.6 Å². The Hall–Kier alpha value is -1.27. The number of hydrogen-bond donors (Lipinski definition) is 0. The molecule has 0 aliphatic rings. The van der Waals surface area contributed by atoms with Crippen LogP contribution in [0.5, 0.6) is 5.75 Å². The van der Waals surface area contributed by atoms with Crippen molar-refractivity contribution in [1.82, 2.24) is 0 Å². The third-order valence-corrected chi connectivity index (χ3v) is 1.73. The van der Waals surface area contributed by atoms with Gasteiger partial charge < -0.3 is 4.74 Å². The Balaban J connectivity index is 2.83. The fourth-order valence-electron chi connectivity index (χ4n) is 0.974. The Kier molecular flexibility index (Phi) is 4.92. The predicted molar refractivity (Wildman–Crippen MR) is 55.3 cm³/mol. The lowest BCUT2D eigenvalue weighted by atomic mass is 10.2. The van der Waals surface area contributed by atoms with Gasteiger partial charge in [-0.15, -0.1) is 11.6 Å². The lowest BCUT2D eigenvalue weighted by Gasteiger charge is -2.05. The molecule has 0 radical (unpaired) electrons. The molecule has 0 heterocycles. The first-order valence-electron chi connectivity index (χ1n) is 4.32. The molecule has 0 amide bonds. The lowest BCUT2D eigenvalue weighted by Crippen LogP contribution is -2.03. The van der Waals surface area contributed by atoms with Crippen molar-refractivity contribution in [3.8, 4) is 17.6 Å². The molecule has 80 valence electrons. The van der Waals surface area contributed by atoms with Gasteiger partial charge in [0.15, 0.2) is 0 Å². The van der Waals surface area contributed by atoms with Crippen LogP contribution in [-0.2, 0) is 0 Å². The molecule has 0 saturated heterocycles. The summed E-state index contributed by atoms with van der Waals surface area (Å²) in [5.41, 5.74) is 0.447. The first kappa shape index (κ1) is 11.8. The molecule has 0 atom stereocenters. The minimum absolute atomic E-state index is 0.0922. The average Bonchev–Trinajstić information content (AvgIpc) is 2.20. The van der Waals surface area contributed by atoms with Crippen molar-refractivity contribution in [1.29, 1.82) is 0 Å². The van der Waals surface area contributed by atoms with Crippen molar-refractivity contribution in [2.24, 2.45) is 0 Å². The molecule has 1 aromatic carbocycles. The maximum Gasteiger partial charge on any atom is 0.387 e. The average molecular weight is 231 g/mol. The van der Waals surface area contributed by atoms with Gasteiger partial charge in [0.1, 0.15) is 5.75 Å². The molecule has 0 spiro atoms. The zero-order valence-electron chi connectivity index (χ0n) is 7.84. The van der Waals surface area contributed by atoms with Crippen molar-refractivity contribution < 1.29 is 13.5 Å². The quantitative estimate of drug-likeness (QED) is 0.572. The van der Waals surface area contributed by atoms with Crippen LogP contribution in [0.2, 0.25) is 0 Å². The highest BCUT2D eigenvalue weighted by Crippen LogP contribution is 2.18. The monoisotopic (exact) mass is 230 g/mol. The Morgan fingerprint density at radius 3 is 2.73 bits per heavy atom. The molecule has 0 saturated carbocycles. The number of rotatable bonds is 3. The van der Waals surface area contributed by atoms with Gasteiger partial charge in [0.05, 0.1) is 5.56 Å². The van der Waals surface area contributed by atoms with Gasteiger partial charge in [0.2, 0.25) is 0 Å². The van der Waals surface area contributed by atoms with E-state index < -0.39 is 6.61 Å². The largest absolute Gasteiger partial charge is 0.434 e. The lowest BCUT2D eigenvalue weighted by molar-refractivity contribution is -0.0500. The number of halogens is 3. The number of alkyl halides is 3. The second-order valence-electron chi connectivity index (χ2n) is 2.62. The summed E-state index contributed by atoms with van der Waals surface area (Å²) < 4.78 is 28.3. The highest BCUT2D eigenvalue weighted by Gasteiger charge is 2.06. The fraction of sp³-hybridized carbons (Fsp3) is 0.273. The third kappa shape index (κ3) is 4.18. The van der Waals surface area contributed by atoms with Crippen LogP contribution < -0.4 is 4.74 Å². The van der Waals surface area contributed by atoms with E-state index in [2.05, 4.69) is 16.6 Å². The highest BCUT2D eigenvalue weighted by molar-refractivity contribution is 6.18. The maximum atomic E-state index is 12.0. The molecule has 0 N–H and O–H groups in total. The predicted octanol–water partition coefficient (Wildman–Crippen LogP) is 3.27. The molecular formula is C11H9ClF2O. The van der Waals surface area contributed by atoms with Gasteiger partial charge in [-0.2, -0.15) is 8.78 Å². The van der Waals surface area contributed by atoms with Gasteiger partial charge in [-0.3, -0.25) is 0 Å². The number of benzene rings is 1. The van der Waals surface area contributed by atoms with Crippen LogP contribution >= 0.6 is 11.6 Å². The van der Waals surface area contributed by atoms with Crippen molar-refractivity contribution in [3.63, 3.8) is 0 Å². The van der Waals surface area contributed by atoms with Crippen LogP contribution in [0, 0.1) is 11.8 Å². The topological polar surface area (TPSA) is 9.23 Å². The maximum absolute atomic E-state index is 12.0. The molecule has 0 unspecified atom stereocenters. The van der Waals surface area contributed by atoms with E-state index in [9.17, 15) is 8.78 Å². The van der Waals surface area contributed by atoms with Gasteiger partial charge in [0, 0.05) is 12.3 Å². The van der Waals surface area contributed by atoms with Gasteiger partial charge >= 0.3 is 6.61 Å². The molecule has 1 aromatic rings. The van der Waals surface area contributed by atoms with E-state index in [-0.39, 0.29) is 5.75 Å². The van der Waals surface area contributed by atoms with E-state index in [1.165, 1.54) is 6.07 Å². The molecule has 4 heteroatoms. The van der Waals surface area contributed by atoms with Crippen LogP contribution in [0.1, 0.15) is 12.0 Å². The van der Waals surface area contributed by atoms with Crippen molar-refractivity contribution in [2.75, 3.05) is 5.88 Å². The first-order valence-corrected chi connectivity index (χ1v) is 4.86. The normalized spacial score (nSPS) is 9.60. The van der Waals surface area contributed by atoms with E-state index in [0.29, 0.717) is 17.9 Å². The minimum Gasteiger partial charge on any atom is -0.434 e. The SMILES string of the molecule is FC(F)Oc1ccccc1C#CCCCl. The molecule has 0 aliphatic heterocycles. The molecular weight excluding hydrogens is 222 g/mol.